The third-order valence-corrected chi connectivity index (χ3v) is 4.79. The maximum Gasteiger partial charge on any atom is 0.337 e. The van der Waals surface area contributed by atoms with Gasteiger partial charge in [-0.1, -0.05) is 48.5 Å². The molecule has 2 amide bonds. The van der Waals surface area contributed by atoms with Crippen molar-refractivity contribution in [1.29, 1.82) is 0 Å². The van der Waals surface area contributed by atoms with Crippen LogP contribution in [0.2, 0.25) is 0 Å². The minimum atomic E-state index is -0.385. The molecule has 0 unspecified atom stereocenters. The molecule has 0 bridgehead atoms. The van der Waals surface area contributed by atoms with E-state index in [4.69, 9.17) is 4.74 Å². The number of carbonyl (C=O) groups excluding carboxylic acids is 3. The van der Waals surface area contributed by atoms with Crippen LogP contribution in [-0.2, 0) is 11.3 Å². The molecule has 0 N–H and O–H groups in total. The van der Waals surface area contributed by atoms with Crippen molar-refractivity contribution in [2.75, 3.05) is 7.11 Å². The van der Waals surface area contributed by atoms with Gasteiger partial charge in [-0.15, -0.1) is 0 Å². The molecule has 0 spiro atoms. The Hall–Kier alpha value is -3.73. The zero-order valence-corrected chi connectivity index (χ0v) is 15.2. The second-order valence-electron chi connectivity index (χ2n) is 6.51. The Labute approximate surface area is 162 Å². The van der Waals surface area contributed by atoms with Crippen LogP contribution in [0.15, 0.2) is 72.8 Å². The number of imide groups is 1. The Balaban J connectivity index is 1.54. The summed E-state index contributed by atoms with van der Waals surface area (Å²) in [6, 6.07) is 21.6. The van der Waals surface area contributed by atoms with E-state index >= 15 is 0 Å². The van der Waals surface area contributed by atoms with E-state index in [0.29, 0.717) is 16.7 Å². The highest BCUT2D eigenvalue weighted by Crippen LogP contribution is 2.26. The molecule has 3 aromatic carbocycles. The molecule has 0 saturated heterocycles. The molecule has 138 valence electrons. The lowest BCUT2D eigenvalue weighted by Crippen LogP contribution is -2.29. The van der Waals surface area contributed by atoms with E-state index in [2.05, 4.69) is 0 Å². The number of benzene rings is 3. The highest BCUT2D eigenvalue weighted by atomic mass is 16.5. The predicted molar refractivity (Wildman–Crippen MR) is 104 cm³/mol. The molecule has 0 aliphatic carbocycles. The topological polar surface area (TPSA) is 63.7 Å². The average molecular weight is 371 g/mol. The Bertz CT molecular complexity index is 1050. The lowest BCUT2D eigenvalue weighted by Gasteiger charge is -2.14. The van der Waals surface area contributed by atoms with Crippen molar-refractivity contribution in [1.82, 2.24) is 4.90 Å². The Morgan fingerprint density at radius 2 is 1.46 bits per heavy atom. The average Bonchev–Trinajstić information content (AvgIpc) is 2.99. The number of rotatable bonds is 4. The van der Waals surface area contributed by atoms with Crippen molar-refractivity contribution in [3.8, 4) is 11.1 Å². The van der Waals surface area contributed by atoms with Crippen molar-refractivity contribution >= 4 is 17.8 Å². The molecule has 0 atom stereocenters. The number of carbonyl (C=O) groups is 3. The maximum atomic E-state index is 12.5. The predicted octanol–water partition coefficient (Wildman–Crippen LogP) is 3.94. The van der Waals surface area contributed by atoms with Gasteiger partial charge in [-0.25, -0.2) is 4.79 Å². The van der Waals surface area contributed by atoms with Crippen molar-refractivity contribution < 1.29 is 19.1 Å². The van der Waals surface area contributed by atoms with E-state index < -0.39 is 0 Å². The minimum Gasteiger partial charge on any atom is -0.465 e. The van der Waals surface area contributed by atoms with Crippen LogP contribution < -0.4 is 0 Å². The second-order valence-corrected chi connectivity index (χ2v) is 6.51. The summed E-state index contributed by atoms with van der Waals surface area (Å²) < 4.78 is 4.76. The van der Waals surface area contributed by atoms with Gasteiger partial charge in [-0.2, -0.15) is 0 Å². The highest BCUT2D eigenvalue weighted by molar-refractivity contribution is 6.21. The van der Waals surface area contributed by atoms with E-state index in [-0.39, 0.29) is 24.3 Å². The fourth-order valence-electron chi connectivity index (χ4n) is 3.31. The van der Waals surface area contributed by atoms with Gasteiger partial charge in [0, 0.05) is 0 Å². The molecule has 0 fully saturated rings. The van der Waals surface area contributed by atoms with Crippen LogP contribution in [0.4, 0.5) is 0 Å². The zero-order chi connectivity index (χ0) is 19.7. The summed E-state index contributed by atoms with van der Waals surface area (Å²) in [4.78, 5) is 38.0. The first-order valence-electron chi connectivity index (χ1n) is 8.81. The summed E-state index contributed by atoms with van der Waals surface area (Å²) in [7, 11) is 1.35. The molecule has 4 rings (SSSR count). The van der Waals surface area contributed by atoms with Crippen molar-refractivity contribution in [3.05, 3.63) is 95.1 Å². The lowest BCUT2D eigenvalue weighted by molar-refractivity contribution is 0.0598. The molecule has 28 heavy (non-hydrogen) atoms. The van der Waals surface area contributed by atoms with E-state index in [1.165, 1.54) is 12.0 Å². The molecule has 1 aliphatic heterocycles. The second kappa shape index (κ2) is 7.12. The van der Waals surface area contributed by atoms with Gasteiger partial charge in [0.1, 0.15) is 0 Å². The quantitative estimate of drug-likeness (QED) is 0.515. The number of hydrogen-bond donors (Lipinski definition) is 0. The summed E-state index contributed by atoms with van der Waals surface area (Å²) in [6.45, 7) is 0.217. The van der Waals surface area contributed by atoms with Crippen LogP contribution >= 0.6 is 0 Å². The Kier molecular flexibility index (Phi) is 4.49. The Morgan fingerprint density at radius 3 is 2.07 bits per heavy atom. The maximum absolute atomic E-state index is 12.5. The van der Waals surface area contributed by atoms with Crippen LogP contribution in [0.5, 0.6) is 0 Å². The van der Waals surface area contributed by atoms with Gasteiger partial charge >= 0.3 is 5.97 Å². The molecule has 5 heteroatoms. The van der Waals surface area contributed by atoms with Crippen LogP contribution in [-0.4, -0.2) is 29.8 Å². The fraction of sp³-hybridized carbons (Fsp3) is 0.0870. The van der Waals surface area contributed by atoms with Gasteiger partial charge in [0.25, 0.3) is 11.8 Å². The number of methoxy groups -OCH3 is 1. The molecule has 0 saturated carbocycles. The first-order chi connectivity index (χ1) is 13.6. The largest absolute Gasteiger partial charge is 0.465 e. The molecule has 1 aliphatic rings. The summed E-state index contributed by atoms with van der Waals surface area (Å²) in [5.74, 6) is -0.921. The van der Waals surface area contributed by atoms with E-state index in [1.54, 1.807) is 42.5 Å². The fourth-order valence-corrected chi connectivity index (χ4v) is 3.31. The van der Waals surface area contributed by atoms with Gasteiger partial charge in [-0.3, -0.25) is 14.5 Å². The SMILES string of the molecule is COC(=O)c1cccc(-c2ccc(CN3C(=O)c4ccccc4C3=O)cc2)c1. The molecular formula is C23H17NO4. The number of nitrogens with zero attached hydrogens (tertiary/aromatic N) is 1. The third kappa shape index (κ3) is 3.07. The molecule has 3 aromatic rings. The monoisotopic (exact) mass is 371 g/mol. The summed E-state index contributed by atoms with van der Waals surface area (Å²) >= 11 is 0. The third-order valence-electron chi connectivity index (χ3n) is 4.79. The molecule has 5 nitrogen and oxygen atoms in total. The summed E-state index contributed by atoms with van der Waals surface area (Å²) in [5, 5.41) is 0. The molecule has 1 heterocycles. The zero-order valence-electron chi connectivity index (χ0n) is 15.2. The van der Waals surface area contributed by atoms with Crippen molar-refractivity contribution in [3.63, 3.8) is 0 Å². The van der Waals surface area contributed by atoms with Crippen LogP contribution in [0.1, 0.15) is 36.6 Å². The summed E-state index contributed by atoms with van der Waals surface area (Å²) in [5.41, 5.74) is 4.04. The van der Waals surface area contributed by atoms with Gasteiger partial charge in [0.2, 0.25) is 0 Å². The van der Waals surface area contributed by atoms with Crippen molar-refractivity contribution in [2.45, 2.75) is 6.54 Å². The number of esters is 1. The van der Waals surface area contributed by atoms with Crippen LogP contribution in [0.3, 0.4) is 0 Å². The van der Waals surface area contributed by atoms with Crippen LogP contribution in [0, 0.1) is 0 Å². The number of ether oxygens (including phenoxy) is 1. The standard InChI is InChI=1S/C23H17NO4/c1-28-23(27)18-6-4-5-17(13-18)16-11-9-15(10-12-16)14-24-21(25)19-7-2-3-8-20(19)22(24)26/h2-13H,14H2,1H3. The van der Waals surface area contributed by atoms with Gasteiger partial charge in [-0.05, 0) is 41.0 Å². The normalized spacial score (nSPS) is 12.8. The summed E-state index contributed by atoms with van der Waals surface area (Å²) in [6.07, 6.45) is 0. The van der Waals surface area contributed by atoms with E-state index in [9.17, 15) is 14.4 Å². The minimum absolute atomic E-state index is 0.217. The van der Waals surface area contributed by atoms with E-state index in [1.807, 2.05) is 30.3 Å². The van der Waals surface area contributed by atoms with Gasteiger partial charge < -0.3 is 4.74 Å². The first kappa shape index (κ1) is 17.7. The number of fused-ring (bicyclic) bond motifs is 1. The van der Waals surface area contributed by atoms with Gasteiger partial charge in [0.05, 0.1) is 30.3 Å². The molecule has 0 radical (unpaired) electrons. The number of hydrogen-bond acceptors (Lipinski definition) is 4. The molecule has 0 aromatic heterocycles. The van der Waals surface area contributed by atoms with E-state index in [0.717, 1.165) is 16.7 Å². The lowest BCUT2D eigenvalue weighted by atomic mass is 10.0. The highest BCUT2D eigenvalue weighted by Gasteiger charge is 2.34. The Morgan fingerprint density at radius 1 is 0.821 bits per heavy atom. The van der Waals surface area contributed by atoms with Crippen molar-refractivity contribution in [2.24, 2.45) is 0 Å². The smallest absolute Gasteiger partial charge is 0.337 e. The number of amides is 2. The van der Waals surface area contributed by atoms with Crippen LogP contribution in [0.25, 0.3) is 11.1 Å². The van der Waals surface area contributed by atoms with Gasteiger partial charge in [0.15, 0.2) is 0 Å². The molecular weight excluding hydrogens is 354 g/mol. The first-order valence-corrected chi connectivity index (χ1v) is 8.81.